The van der Waals surface area contributed by atoms with E-state index in [9.17, 15) is 19.2 Å². The van der Waals surface area contributed by atoms with E-state index in [-0.39, 0.29) is 24.1 Å². The molecular weight excluding hydrogens is 460 g/mol. The Morgan fingerprint density at radius 1 is 0.941 bits per heavy atom. The quantitative estimate of drug-likeness (QED) is 0.662. The summed E-state index contributed by atoms with van der Waals surface area (Å²) in [6, 6.07) is 8.12. The molecule has 2 saturated heterocycles. The Kier molecular flexibility index (Phi) is 5.70. The monoisotopic (exact) mass is 482 g/mol. The van der Waals surface area contributed by atoms with Crippen LogP contribution in [0.2, 0.25) is 5.02 Å². The maximum atomic E-state index is 13.0. The first kappa shape index (κ1) is 22.3. The minimum absolute atomic E-state index is 0.0196. The summed E-state index contributed by atoms with van der Waals surface area (Å²) in [5, 5.41) is 4.64. The summed E-state index contributed by atoms with van der Waals surface area (Å²) in [5.74, 6) is -0.677. The van der Waals surface area contributed by atoms with Gasteiger partial charge in [0.1, 0.15) is 5.82 Å². The number of halogens is 1. The minimum atomic E-state index is -0.770. The molecule has 1 aromatic heterocycles. The Bertz CT molecular complexity index is 1190. The van der Waals surface area contributed by atoms with Crippen LogP contribution in [0.5, 0.6) is 0 Å². The van der Waals surface area contributed by atoms with Gasteiger partial charge in [-0.25, -0.2) is 14.8 Å². The lowest BCUT2D eigenvalue weighted by molar-refractivity contribution is -0.122. The van der Waals surface area contributed by atoms with Crippen molar-refractivity contribution < 1.29 is 19.2 Å². The summed E-state index contributed by atoms with van der Waals surface area (Å²) < 4.78 is 0. The van der Waals surface area contributed by atoms with Gasteiger partial charge in [0.15, 0.2) is 0 Å². The number of aromatic nitrogens is 1. The molecule has 0 aliphatic carbocycles. The lowest BCUT2D eigenvalue weighted by Crippen LogP contribution is -2.58. The van der Waals surface area contributed by atoms with Crippen LogP contribution in [-0.4, -0.2) is 76.4 Å². The third-order valence-corrected chi connectivity index (χ3v) is 6.43. The average Bonchev–Trinajstić information content (AvgIpc) is 3.03. The smallest absolute Gasteiger partial charge is 0.343 e. The number of imide groups is 2. The normalized spacial score (nSPS) is 19.1. The Labute approximate surface area is 201 Å². The lowest BCUT2D eigenvalue weighted by Gasteiger charge is -2.35. The molecule has 0 spiro atoms. The molecule has 3 aliphatic rings. The highest BCUT2D eigenvalue weighted by Gasteiger charge is 2.43. The first-order chi connectivity index (χ1) is 16.3. The van der Waals surface area contributed by atoms with Gasteiger partial charge >= 0.3 is 6.03 Å². The number of aryl methyl sites for hydroxylation is 1. The number of hydrogen-bond donors (Lipinski definition) is 1. The molecule has 1 aromatic carbocycles. The predicted octanol–water partition coefficient (Wildman–Crippen LogP) is 1.82. The number of nitrogens with zero attached hydrogens (tertiary/aromatic N) is 5. The molecule has 0 bridgehead atoms. The number of rotatable bonds is 4. The molecule has 0 atom stereocenters. The highest BCUT2D eigenvalue weighted by atomic mass is 35.5. The molecular formula is C23H23ClN6O4. The minimum Gasteiger partial charge on any atom is -0.354 e. The third kappa shape index (κ3) is 4.10. The summed E-state index contributed by atoms with van der Waals surface area (Å²) in [6.07, 6.45) is 0.0284. The number of hydrazine groups is 1. The summed E-state index contributed by atoms with van der Waals surface area (Å²) in [4.78, 5) is 58.4. The van der Waals surface area contributed by atoms with Crippen molar-refractivity contribution >= 4 is 41.2 Å². The van der Waals surface area contributed by atoms with Crippen molar-refractivity contribution in [2.24, 2.45) is 0 Å². The number of nitrogens with one attached hydrogen (secondary N) is 1. The van der Waals surface area contributed by atoms with Crippen molar-refractivity contribution in [3.8, 4) is 0 Å². The number of pyridine rings is 1. The van der Waals surface area contributed by atoms with Gasteiger partial charge in [0.25, 0.3) is 11.8 Å². The zero-order valence-electron chi connectivity index (χ0n) is 18.6. The van der Waals surface area contributed by atoms with Gasteiger partial charge < -0.3 is 4.90 Å². The Morgan fingerprint density at radius 2 is 1.68 bits per heavy atom. The second-order valence-corrected chi connectivity index (χ2v) is 9.01. The van der Waals surface area contributed by atoms with Crippen LogP contribution in [0, 0.1) is 6.92 Å². The van der Waals surface area contributed by atoms with Gasteiger partial charge in [-0.15, -0.1) is 0 Å². The predicted molar refractivity (Wildman–Crippen MR) is 123 cm³/mol. The zero-order chi connectivity index (χ0) is 24.0. The number of benzene rings is 1. The second kappa shape index (κ2) is 8.69. The van der Waals surface area contributed by atoms with Crippen molar-refractivity contribution in [2.45, 2.75) is 19.9 Å². The second-order valence-electron chi connectivity index (χ2n) is 8.58. The molecule has 5 amide bonds. The number of hydrogen-bond acceptors (Lipinski definition) is 7. The van der Waals surface area contributed by atoms with E-state index in [1.165, 1.54) is 0 Å². The van der Waals surface area contributed by atoms with E-state index < -0.39 is 23.8 Å². The van der Waals surface area contributed by atoms with Crippen LogP contribution in [0.1, 0.15) is 38.4 Å². The molecule has 3 aliphatic heterocycles. The molecule has 34 heavy (non-hydrogen) atoms. The van der Waals surface area contributed by atoms with Crippen molar-refractivity contribution in [3.63, 3.8) is 0 Å². The van der Waals surface area contributed by atoms with Crippen LogP contribution in [0.4, 0.5) is 10.6 Å². The highest BCUT2D eigenvalue weighted by molar-refractivity contribution is 6.30. The molecule has 176 valence electrons. The lowest BCUT2D eigenvalue weighted by atomic mass is 10.1. The van der Waals surface area contributed by atoms with Crippen molar-refractivity contribution in [1.82, 2.24) is 25.2 Å². The topological polar surface area (TPSA) is 106 Å². The van der Waals surface area contributed by atoms with Crippen molar-refractivity contribution in [3.05, 3.63) is 57.7 Å². The molecule has 2 aromatic rings. The first-order valence-corrected chi connectivity index (χ1v) is 11.4. The van der Waals surface area contributed by atoms with Gasteiger partial charge in [0.2, 0.25) is 5.91 Å². The fourth-order valence-electron chi connectivity index (χ4n) is 4.50. The number of anilines is 1. The van der Waals surface area contributed by atoms with E-state index in [2.05, 4.69) is 20.1 Å². The summed E-state index contributed by atoms with van der Waals surface area (Å²) >= 11 is 6.18. The molecule has 1 N–H and O–H groups in total. The summed E-state index contributed by atoms with van der Waals surface area (Å²) in [7, 11) is 0. The molecule has 5 rings (SSSR count). The number of urea groups is 1. The Hall–Kier alpha value is -3.50. The molecule has 2 fully saturated rings. The van der Waals surface area contributed by atoms with E-state index in [0.717, 1.165) is 53.3 Å². The van der Waals surface area contributed by atoms with E-state index >= 15 is 0 Å². The van der Waals surface area contributed by atoms with E-state index in [1.807, 2.05) is 25.1 Å². The van der Waals surface area contributed by atoms with E-state index in [1.54, 1.807) is 12.1 Å². The molecule has 4 heterocycles. The Balaban J connectivity index is 1.25. The molecule has 0 unspecified atom stereocenters. The van der Waals surface area contributed by atoms with Gasteiger partial charge in [-0.2, -0.15) is 5.01 Å². The zero-order valence-corrected chi connectivity index (χ0v) is 19.3. The van der Waals surface area contributed by atoms with Gasteiger partial charge in [-0.1, -0.05) is 17.7 Å². The fraction of sp³-hybridized carbons (Fsp3) is 0.348. The third-order valence-electron chi connectivity index (χ3n) is 6.21. The van der Waals surface area contributed by atoms with Gasteiger partial charge in [0, 0.05) is 49.9 Å². The average molecular weight is 483 g/mol. The van der Waals surface area contributed by atoms with Crippen LogP contribution in [-0.2, 0) is 11.3 Å². The van der Waals surface area contributed by atoms with Crippen LogP contribution >= 0.6 is 11.6 Å². The van der Waals surface area contributed by atoms with Gasteiger partial charge in [0.05, 0.1) is 17.7 Å². The highest BCUT2D eigenvalue weighted by Crippen LogP contribution is 2.27. The summed E-state index contributed by atoms with van der Waals surface area (Å²) in [6.45, 7) is 5.75. The SMILES string of the molecule is Cc1cc(Cl)cc(N2CCN(Cc3ccc4c(c3)C(=O)N(N3CCC(=O)NC3=O)C4=O)CC2)n1. The number of amides is 5. The number of carbonyl (C=O) groups is 4. The maximum absolute atomic E-state index is 13.0. The number of fused-ring (bicyclic) bond motifs is 1. The molecule has 0 saturated carbocycles. The van der Waals surface area contributed by atoms with Gasteiger partial charge in [-0.05, 0) is 36.8 Å². The van der Waals surface area contributed by atoms with Crippen LogP contribution in [0.15, 0.2) is 30.3 Å². The number of piperazine rings is 1. The summed E-state index contributed by atoms with van der Waals surface area (Å²) in [5.41, 5.74) is 2.31. The standard InChI is InChI=1S/C23H23ClN6O4/c1-14-10-16(24)12-19(25-14)28-8-6-27(7-9-28)13-15-2-3-17-18(11-15)22(33)30(21(17)32)29-5-4-20(31)26-23(29)34/h2-3,10-12H,4-9,13H2,1H3,(H,26,31,34). The molecule has 11 heteroatoms. The van der Waals surface area contributed by atoms with Crippen molar-refractivity contribution in [2.75, 3.05) is 37.6 Å². The maximum Gasteiger partial charge on any atom is 0.343 e. The van der Waals surface area contributed by atoms with Crippen LogP contribution in [0.3, 0.4) is 0 Å². The van der Waals surface area contributed by atoms with E-state index in [4.69, 9.17) is 11.6 Å². The Morgan fingerprint density at radius 3 is 2.38 bits per heavy atom. The molecule has 0 radical (unpaired) electrons. The largest absolute Gasteiger partial charge is 0.354 e. The first-order valence-electron chi connectivity index (χ1n) is 11.0. The van der Waals surface area contributed by atoms with Gasteiger partial charge in [-0.3, -0.25) is 24.6 Å². The van der Waals surface area contributed by atoms with Crippen LogP contribution < -0.4 is 10.2 Å². The molecule has 10 nitrogen and oxygen atoms in total. The van der Waals surface area contributed by atoms with Crippen LogP contribution in [0.25, 0.3) is 0 Å². The van der Waals surface area contributed by atoms with E-state index in [0.29, 0.717) is 11.6 Å². The fourth-order valence-corrected chi connectivity index (χ4v) is 4.76. The van der Waals surface area contributed by atoms with Crippen molar-refractivity contribution in [1.29, 1.82) is 0 Å². The number of carbonyl (C=O) groups excluding carboxylic acids is 4.